The lowest BCUT2D eigenvalue weighted by atomic mass is 10.1. The van der Waals surface area contributed by atoms with Crippen LogP contribution in [-0.4, -0.2) is 34.2 Å². The molecule has 2 heterocycles. The van der Waals surface area contributed by atoms with E-state index in [1.165, 1.54) is 18.2 Å². The third-order valence-corrected chi connectivity index (χ3v) is 4.60. The number of hydrogen-bond donors (Lipinski definition) is 1. The maximum absolute atomic E-state index is 12.1. The lowest BCUT2D eigenvalue weighted by Crippen LogP contribution is -2.28. The first kappa shape index (κ1) is 18.5. The SMILES string of the molecule is Cc1cc(C(=O)NCCOc2ccc(-c3cccs3)nn2)ccc1[N+](=O)[O-]. The Morgan fingerprint density at radius 1 is 1.26 bits per heavy atom. The Morgan fingerprint density at radius 2 is 2.11 bits per heavy atom. The van der Waals surface area contributed by atoms with Crippen molar-refractivity contribution in [1.82, 2.24) is 15.5 Å². The standard InChI is InChI=1S/C18H16N4O4S/c1-12-11-13(4-6-15(12)22(24)25)18(23)19-8-9-26-17-7-5-14(20-21-17)16-3-2-10-27-16/h2-7,10-11H,8-9H2,1H3,(H,19,23). The fraction of sp³-hybridized carbons (Fsp3) is 0.167. The summed E-state index contributed by atoms with van der Waals surface area (Å²) < 4.78 is 5.46. The zero-order valence-corrected chi connectivity index (χ0v) is 15.2. The zero-order valence-electron chi connectivity index (χ0n) is 14.4. The quantitative estimate of drug-likeness (QED) is 0.381. The van der Waals surface area contributed by atoms with Crippen molar-refractivity contribution in [1.29, 1.82) is 0 Å². The van der Waals surface area contributed by atoms with E-state index < -0.39 is 4.92 Å². The Hall–Kier alpha value is -3.33. The first-order valence-electron chi connectivity index (χ1n) is 8.08. The van der Waals surface area contributed by atoms with E-state index in [2.05, 4.69) is 15.5 Å². The third kappa shape index (κ3) is 4.64. The van der Waals surface area contributed by atoms with Crippen molar-refractivity contribution in [3.05, 3.63) is 69.1 Å². The summed E-state index contributed by atoms with van der Waals surface area (Å²) in [7, 11) is 0. The normalized spacial score (nSPS) is 10.4. The summed E-state index contributed by atoms with van der Waals surface area (Å²) in [5.41, 5.74) is 1.56. The van der Waals surface area contributed by atoms with Gasteiger partial charge in [0.1, 0.15) is 12.3 Å². The van der Waals surface area contributed by atoms with Crippen LogP contribution in [0.2, 0.25) is 0 Å². The molecule has 1 N–H and O–H groups in total. The number of nitro groups is 1. The Morgan fingerprint density at radius 3 is 2.74 bits per heavy atom. The molecular formula is C18H16N4O4S. The second-order valence-corrected chi connectivity index (χ2v) is 6.54. The van der Waals surface area contributed by atoms with E-state index >= 15 is 0 Å². The number of ether oxygens (including phenoxy) is 1. The lowest BCUT2D eigenvalue weighted by molar-refractivity contribution is -0.385. The predicted octanol–water partition coefficient (Wildman–Crippen LogP) is 3.23. The van der Waals surface area contributed by atoms with Crippen molar-refractivity contribution in [3.63, 3.8) is 0 Å². The molecule has 0 atom stereocenters. The van der Waals surface area contributed by atoms with Crippen LogP contribution in [0.1, 0.15) is 15.9 Å². The van der Waals surface area contributed by atoms with Crippen LogP contribution in [0, 0.1) is 17.0 Å². The predicted molar refractivity (Wildman–Crippen MR) is 101 cm³/mol. The van der Waals surface area contributed by atoms with Crippen LogP contribution in [0.5, 0.6) is 5.88 Å². The van der Waals surface area contributed by atoms with Gasteiger partial charge < -0.3 is 10.1 Å². The highest BCUT2D eigenvalue weighted by Gasteiger charge is 2.13. The molecule has 0 unspecified atom stereocenters. The Labute approximate surface area is 159 Å². The van der Waals surface area contributed by atoms with Crippen LogP contribution in [0.3, 0.4) is 0 Å². The molecule has 0 aliphatic heterocycles. The number of hydrogen-bond acceptors (Lipinski definition) is 7. The average molecular weight is 384 g/mol. The van der Waals surface area contributed by atoms with E-state index in [-0.39, 0.29) is 24.7 Å². The van der Waals surface area contributed by atoms with Gasteiger partial charge in [0, 0.05) is 23.3 Å². The number of thiophene rings is 1. The van der Waals surface area contributed by atoms with E-state index in [0.29, 0.717) is 17.0 Å². The number of nitrogens with one attached hydrogen (secondary N) is 1. The minimum Gasteiger partial charge on any atom is -0.475 e. The fourth-order valence-electron chi connectivity index (χ4n) is 2.38. The van der Waals surface area contributed by atoms with Crippen molar-refractivity contribution >= 4 is 22.9 Å². The molecule has 0 radical (unpaired) electrons. The molecule has 3 rings (SSSR count). The van der Waals surface area contributed by atoms with E-state index in [1.807, 2.05) is 23.6 Å². The highest BCUT2D eigenvalue weighted by atomic mass is 32.1. The molecule has 0 saturated carbocycles. The Bertz CT molecular complexity index is 943. The molecule has 1 amide bonds. The summed E-state index contributed by atoms with van der Waals surface area (Å²) in [5, 5.41) is 23.6. The molecule has 9 heteroatoms. The van der Waals surface area contributed by atoms with Gasteiger partial charge in [-0.05, 0) is 36.6 Å². The van der Waals surface area contributed by atoms with E-state index in [9.17, 15) is 14.9 Å². The van der Waals surface area contributed by atoms with Gasteiger partial charge in [-0.25, -0.2) is 0 Å². The zero-order chi connectivity index (χ0) is 19.2. The van der Waals surface area contributed by atoms with E-state index in [0.717, 1.165) is 10.6 Å². The molecule has 0 aliphatic rings. The maximum Gasteiger partial charge on any atom is 0.272 e. The first-order valence-corrected chi connectivity index (χ1v) is 8.96. The number of nitro benzene ring substituents is 1. The minimum absolute atomic E-state index is 0.0144. The van der Waals surface area contributed by atoms with Gasteiger partial charge in [-0.1, -0.05) is 6.07 Å². The Balaban J connectivity index is 1.48. The summed E-state index contributed by atoms with van der Waals surface area (Å²) in [5.74, 6) is 0.0476. The lowest BCUT2D eigenvalue weighted by Gasteiger charge is -2.07. The number of carbonyl (C=O) groups excluding carboxylic acids is 1. The van der Waals surface area contributed by atoms with Crippen LogP contribution in [0.25, 0.3) is 10.6 Å². The van der Waals surface area contributed by atoms with Crippen LogP contribution in [-0.2, 0) is 0 Å². The molecule has 1 aromatic carbocycles. The maximum atomic E-state index is 12.1. The van der Waals surface area contributed by atoms with Crippen LogP contribution < -0.4 is 10.1 Å². The van der Waals surface area contributed by atoms with E-state index in [4.69, 9.17) is 4.74 Å². The van der Waals surface area contributed by atoms with Gasteiger partial charge >= 0.3 is 0 Å². The minimum atomic E-state index is -0.477. The molecular weight excluding hydrogens is 368 g/mol. The number of carbonyl (C=O) groups is 1. The van der Waals surface area contributed by atoms with E-state index in [1.54, 1.807) is 24.3 Å². The summed E-state index contributed by atoms with van der Waals surface area (Å²) >= 11 is 1.58. The first-order chi connectivity index (χ1) is 13.0. The second-order valence-electron chi connectivity index (χ2n) is 5.60. The molecule has 0 saturated heterocycles. The highest BCUT2D eigenvalue weighted by molar-refractivity contribution is 7.13. The third-order valence-electron chi connectivity index (χ3n) is 3.71. The molecule has 0 fully saturated rings. The van der Waals surface area contributed by atoms with Crippen molar-refractivity contribution in [2.24, 2.45) is 0 Å². The smallest absolute Gasteiger partial charge is 0.272 e. The van der Waals surface area contributed by atoms with Crippen LogP contribution in [0.15, 0.2) is 47.8 Å². The number of rotatable bonds is 7. The van der Waals surface area contributed by atoms with Gasteiger partial charge in [-0.15, -0.1) is 21.5 Å². The number of aromatic nitrogens is 2. The highest BCUT2D eigenvalue weighted by Crippen LogP contribution is 2.22. The molecule has 8 nitrogen and oxygen atoms in total. The number of amides is 1. The molecule has 3 aromatic rings. The van der Waals surface area contributed by atoms with Crippen LogP contribution in [0.4, 0.5) is 5.69 Å². The average Bonchev–Trinajstić information content (AvgIpc) is 3.20. The molecule has 0 spiro atoms. The van der Waals surface area contributed by atoms with Gasteiger partial charge in [0.25, 0.3) is 11.6 Å². The number of nitrogens with zero attached hydrogens (tertiary/aromatic N) is 3. The molecule has 0 aliphatic carbocycles. The van der Waals surface area contributed by atoms with Gasteiger partial charge in [0.05, 0.1) is 16.3 Å². The molecule has 27 heavy (non-hydrogen) atoms. The van der Waals surface area contributed by atoms with Crippen molar-refractivity contribution in [2.45, 2.75) is 6.92 Å². The van der Waals surface area contributed by atoms with Gasteiger partial charge in [0.2, 0.25) is 5.88 Å². The topological polar surface area (TPSA) is 107 Å². The monoisotopic (exact) mass is 384 g/mol. The van der Waals surface area contributed by atoms with Gasteiger partial charge in [-0.3, -0.25) is 14.9 Å². The van der Waals surface area contributed by atoms with Crippen LogP contribution >= 0.6 is 11.3 Å². The fourth-order valence-corrected chi connectivity index (χ4v) is 3.07. The Kier molecular flexibility index (Phi) is 5.72. The summed E-state index contributed by atoms with van der Waals surface area (Å²) in [4.78, 5) is 23.5. The van der Waals surface area contributed by atoms with Crippen molar-refractivity contribution in [2.75, 3.05) is 13.2 Å². The second kappa shape index (κ2) is 8.37. The number of benzene rings is 1. The molecule has 138 valence electrons. The van der Waals surface area contributed by atoms with Crippen molar-refractivity contribution in [3.8, 4) is 16.5 Å². The van der Waals surface area contributed by atoms with Gasteiger partial charge in [-0.2, -0.15) is 0 Å². The van der Waals surface area contributed by atoms with Crippen molar-refractivity contribution < 1.29 is 14.5 Å². The molecule has 2 aromatic heterocycles. The largest absolute Gasteiger partial charge is 0.475 e. The summed E-state index contributed by atoms with van der Waals surface area (Å²) in [6, 6.07) is 11.7. The molecule has 0 bridgehead atoms. The summed E-state index contributed by atoms with van der Waals surface area (Å²) in [6.07, 6.45) is 0. The number of aryl methyl sites for hydroxylation is 1. The van der Waals surface area contributed by atoms with Gasteiger partial charge in [0.15, 0.2) is 0 Å². The summed E-state index contributed by atoms with van der Waals surface area (Å²) in [6.45, 7) is 2.09.